The van der Waals surface area contributed by atoms with Gasteiger partial charge < -0.3 is 15.5 Å². The number of amides is 1. The number of nitrogens with zero attached hydrogens (tertiary/aromatic N) is 3. The van der Waals surface area contributed by atoms with E-state index in [9.17, 15) is 14.7 Å². The molecule has 0 aliphatic heterocycles. The van der Waals surface area contributed by atoms with Crippen LogP contribution < -0.4 is 5.32 Å². The Hall–Kier alpha value is -3.55. The molecule has 120 valence electrons. The minimum absolute atomic E-state index is 0.112. The van der Waals surface area contributed by atoms with E-state index < -0.39 is 18.4 Å². The van der Waals surface area contributed by atoms with Gasteiger partial charge in [-0.05, 0) is 24.3 Å². The highest BCUT2D eigenvalue weighted by Gasteiger charge is 2.18. The van der Waals surface area contributed by atoms with E-state index in [-0.39, 0.29) is 16.8 Å². The van der Waals surface area contributed by atoms with Gasteiger partial charge in [-0.1, -0.05) is 0 Å². The van der Waals surface area contributed by atoms with Crippen molar-refractivity contribution in [2.24, 2.45) is 0 Å². The molecule has 0 bridgehead atoms. The fourth-order valence-corrected chi connectivity index (χ4v) is 2.20. The number of aromatic hydroxyl groups is 1. The molecule has 3 N–H and O–H groups in total. The molecule has 0 atom stereocenters. The average molecular weight is 324 g/mol. The fraction of sp³-hybridized carbons (Fsp3) is 0.0625. The van der Waals surface area contributed by atoms with E-state index >= 15 is 0 Å². The van der Waals surface area contributed by atoms with Gasteiger partial charge in [0.1, 0.15) is 23.4 Å². The number of carboxylic acids is 1. The first-order chi connectivity index (χ1) is 11.6. The standard InChI is InChI=1S/C16H12N4O4/c21-12-4-3-10-15(14(12)16(24)19-8-13(22)23)18-7-11(20-10)9-2-1-5-17-6-9/h1-7,21H,8H2,(H,19,24)(H,22,23). The first-order valence-corrected chi connectivity index (χ1v) is 6.95. The van der Waals surface area contributed by atoms with Crippen LogP contribution in [0, 0.1) is 0 Å². The van der Waals surface area contributed by atoms with Gasteiger partial charge in [-0.3, -0.25) is 19.6 Å². The number of aromatic nitrogens is 3. The summed E-state index contributed by atoms with van der Waals surface area (Å²) in [6.45, 7) is -0.560. The van der Waals surface area contributed by atoms with Crippen molar-refractivity contribution in [1.29, 1.82) is 0 Å². The number of hydrogen-bond donors (Lipinski definition) is 3. The molecule has 0 unspecified atom stereocenters. The Balaban J connectivity index is 2.06. The van der Waals surface area contributed by atoms with Gasteiger partial charge in [-0.15, -0.1) is 0 Å². The van der Waals surface area contributed by atoms with Crippen LogP contribution in [-0.2, 0) is 4.79 Å². The summed E-state index contributed by atoms with van der Waals surface area (Å²) in [6, 6.07) is 6.44. The quantitative estimate of drug-likeness (QED) is 0.658. The van der Waals surface area contributed by atoms with Crippen LogP contribution in [0.5, 0.6) is 5.75 Å². The zero-order valence-electron chi connectivity index (χ0n) is 12.3. The third-order valence-corrected chi connectivity index (χ3v) is 3.28. The number of nitrogens with one attached hydrogen (secondary N) is 1. The topological polar surface area (TPSA) is 125 Å². The third kappa shape index (κ3) is 2.98. The van der Waals surface area contributed by atoms with Crippen molar-refractivity contribution in [3.63, 3.8) is 0 Å². The first-order valence-electron chi connectivity index (χ1n) is 6.95. The number of rotatable bonds is 4. The predicted molar refractivity (Wildman–Crippen MR) is 84.4 cm³/mol. The maximum absolute atomic E-state index is 12.1. The molecule has 1 amide bonds. The van der Waals surface area contributed by atoms with Gasteiger partial charge in [0.25, 0.3) is 5.91 Å². The Bertz CT molecular complexity index is 928. The van der Waals surface area contributed by atoms with Crippen LogP contribution in [0.1, 0.15) is 10.4 Å². The van der Waals surface area contributed by atoms with Crippen molar-refractivity contribution < 1.29 is 19.8 Å². The van der Waals surface area contributed by atoms with Crippen molar-refractivity contribution in [1.82, 2.24) is 20.3 Å². The lowest BCUT2D eigenvalue weighted by Gasteiger charge is -2.09. The SMILES string of the molecule is O=C(O)CNC(=O)c1c(O)ccc2nc(-c3cccnc3)cnc12. The molecule has 24 heavy (non-hydrogen) atoms. The molecular formula is C16H12N4O4. The summed E-state index contributed by atoms with van der Waals surface area (Å²) in [5.74, 6) is -2.22. The van der Waals surface area contributed by atoms with Crippen LogP contribution in [0.3, 0.4) is 0 Å². The second-order valence-corrected chi connectivity index (χ2v) is 4.90. The Morgan fingerprint density at radius 1 is 1.17 bits per heavy atom. The molecule has 0 saturated heterocycles. The molecule has 0 radical (unpaired) electrons. The molecule has 0 spiro atoms. The number of aliphatic carboxylic acids is 1. The Morgan fingerprint density at radius 3 is 2.71 bits per heavy atom. The lowest BCUT2D eigenvalue weighted by Crippen LogP contribution is -2.29. The summed E-state index contributed by atoms with van der Waals surface area (Å²) in [7, 11) is 0. The molecule has 1 aromatic carbocycles. The molecule has 8 heteroatoms. The number of phenols is 1. The zero-order valence-corrected chi connectivity index (χ0v) is 12.3. The van der Waals surface area contributed by atoms with Crippen LogP contribution in [0.4, 0.5) is 0 Å². The van der Waals surface area contributed by atoms with Gasteiger partial charge in [0, 0.05) is 18.0 Å². The second kappa shape index (κ2) is 6.29. The summed E-state index contributed by atoms with van der Waals surface area (Å²) in [4.78, 5) is 35.3. The molecule has 3 aromatic rings. The lowest BCUT2D eigenvalue weighted by molar-refractivity contribution is -0.135. The van der Waals surface area contributed by atoms with E-state index in [2.05, 4.69) is 20.3 Å². The number of benzene rings is 1. The maximum atomic E-state index is 12.1. The Kier molecular flexibility index (Phi) is 4.02. The number of hydrogen-bond acceptors (Lipinski definition) is 6. The van der Waals surface area contributed by atoms with Crippen molar-refractivity contribution in [3.05, 3.63) is 48.4 Å². The van der Waals surface area contributed by atoms with Crippen molar-refractivity contribution in [2.45, 2.75) is 0 Å². The van der Waals surface area contributed by atoms with E-state index in [1.807, 2.05) is 6.07 Å². The average Bonchev–Trinajstić information content (AvgIpc) is 2.60. The van der Waals surface area contributed by atoms with Gasteiger partial charge in [0.05, 0.1) is 17.4 Å². The van der Waals surface area contributed by atoms with Crippen LogP contribution >= 0.6 is 0 Å². The predicted octanol–water partition coefficient (Wildman–Crippen LogP) is 1.21. The minimum Gasteiger partial charge on any atom is -0.507 e. The number of carboxylic acid groups (broad SMARTS) is 1. The molecule has 0 aliphatic rings. The summed E-state index contributed by atoms with van der Waals surface area (Å²) in [6.07, 6.45) is 4.74. The molecule has 0 aliphatic carbocycles. The number of pyridine rings is 1. The molecule has 8 nitrogen and oxygen atoms in total. The van der Waals surface area contributed by atoms with Crippen LogP contribution in [0.2, 0.25) is 0 Å². The van der Waals surface area contributed by atoms with Crippen LogP contribution in [0.25, 0.3) is 22.3 Å². The van der Waals surface area contributed by atoms with Crippen molar-refractivity contribution >= 4 is 22.9 Å². The van der Waals surface area contributed by atoms with E-state index in [4.69, 9.17) is 5.11 Å². The zero-order chi connectivity index (χ0) is 17.1. The van der Waals surface area contributed by atoms with Crippen LogP contribution in [0.15, 0.2) is 42.9 Å². The largest absolute Gasteiger partial charge is 0.507 e. The van der Waals surface area contributed by atoms with Gasteiger partial charge in [-0.2, -0.15) is 0 Å². The van der Waals surface area contributed by atoms with Crippen molar-refractivity contribution in [2.75, 3.05) is 6.54 Å². The molecular weight excluding hydrogens is 312 g/mol. The van der Waals surface area contributed by atoms with E-state index in [1.54, 1.807) is 18.5 Å². The third-order valence-electron chi connectivity index (χ3n) is 3.28. The summed E-state index contributed by atoms with van der Waals surface area (Å²) in [5, 5.41) is 20.8. The van der Waals surface area contributed by atoms with Gasteiger partial charge >= 0.3 is 5.97 Å². The van der Waals surface area contributed by atoms with Gasteiger partial charge in [0.15, 0.2) is 0 Å². The van der Waals surface area contributed by atoms with Gasteiger partial charge in [-0.25, -0.2) is 4.98 Å². The van der Waals surface area contributed by atoms with E-state index in [1.165, 1.54) is 18.3 Å². The molecule has 0 saturated carbocycles. The van der Waals surface area contributed by atoms with Crippen LogP contribution in [-0.4, -0.2) is 43.6 Å². The summed E-state index contributed by atoms with van der Waals surface area (Å²) < 4.78 is 0. The number of carbonyl (C=O) groups excluding carboxylic acids is 1. The fourth-order valence-electron chi connectivity index (χ4n) is 2.20. The number of fused-ring (bicyclic) bond motifs is 1. The maximum Gasteiger partial charge on any atom is 0.322 e. The minimum atomic E-state index is -1.19. The highest BCUT2D eigenvalue weighted by Crippen LogP contribution is 2.26. The molecule has 0 fully saturated rings. The smallest absolute Gasteiger partial charge is 0.322 e. The molecule has 2 aromatic heterocycles. The Labute approximate surface area is 135 Å². The normalized spacial score (nSPS) is 10.5. The van der Waals surface area contributed by atoms with E-state index in [0.29, 0.717) is 11.2 Å². The van der Waals surface area contributed by atoms with Crippen molar-refractivity contribution in [3.8, 4) is 17.0 Å². The highest BCUT2D eigenvalue weighted by atomic mass is 16.4. The van der Waals surface area contributed by atoms with Gasteiger partial charge in [0.2, 0.25) is 0 Å². The molecule has 3 rings (SSSR count). The summed E-state index contributed by atoms with van der Waals surface area (Å²) in [5.41, 5.74) is 1.80. The summed E-state index contributed by atoms with van der Waals surface area (Å²) >= 11 is 0. The number of phenolic OH excluding ortho intramolecular Hbond substituents is 1. The highest BCUT2D eigenvalue weighted by molar-refractivity contribution is 6.08. The lowest BCUT2D eigenvalue weighted by atomic mass is 10.1. The molecule has 2 heterocycles. The monoisotopic (exact) mass is 324 g/mol. The first kappa shape index (κ1) is 15.3. The number of carbonyl (C=O) groups is 2. The Morgan fingerprint density at radius 2 is 2.00 bits per heavy atom. The second-order valence-electron chi connectivity index (χ2n) is 4.90. The van der Waals surface area contributed by atoms with E-state index in [0.717, 1.165) is 5.56 Å².